The molecule has 2 aromatic heterocycles. The molecule has 2 N–H and O–H groups in total. The standard InChI is InChI=1S/C21H25N5O2S/c1-13-18(14(2)26(4)25-13)11-20(28)24-21-23-19(12-29-21)17-7-5-16(6-8-17)9-10-22-15(3)27/h5-8,12H,9-11H2,1-4H3,(H,22,27)(H,23,24,28). The molecule has 0 unspecified atom stereocenters. The Labute approximate surface area is 174 Å². The number of aromatic nitrogens is 3. The van der Waals surface area contributed by atoms with Crippen LogP contribution in [0.15, 0.2) is 29.6 Å². The first-order chi connectivity index (χ1) is 13.8. The van der Waals surface area contributed by atoms with Crippen molar-refractivity contribution in [3.8, 4) is 11.3 Å². The van der Waals surface area contributed by atoms with Crippen molar-refractivity contribution < 1.29 is 9.59 Å². The number of amides is 2. The number of nitrogens with zero attached hydrogens (tertiary/aromatic N) is 3. The second kappa shape index (κ2) is 9.00. The highest BCUT2D eigenvalue weighted by Gasteiger charge is 2.15. The maximum Gasteiger partial charge on any atom is 0.230 e. The van der Waals surface area contributed by atoms with Gasteiger partial charge in [0.15, 0.2) is 5.13 Å². The molecule has 29 heavy (non-hydrogen) atoms. The van der Waals surface area contributed by atoms with Crippen molar-refractivity contribution in [3.05, 3.63) is 52.2 Å². The molecule has 7 nitrogen and oxygen atoms in total. The second-order valence-electron chi connectivity index (χ2n) is 6.97. The molecule has 3 aromatic rings. The van der Waals surface area contributed by atoms with Crippen LogP contribution >= 0.6 is 11.3 Å². The Balaban J connectivity index is 1.60. The minimum Gasteiger partial charge on any atom is -0.356 e. The van der Waals surface area contributed by atoms with Crippen LogP contribution in [0.2, 0.25) is 0 Å². The minimum atomic E-state index is -0.0987. The molecular formula is C21H25N5O2S. The summed E-state index contributed by atoms with van der Waals surface area (Å²) >= 11 is 1.41. The molecule has 8 heteroatoms. The minimum absolute atomic E-state index is 0.0208. The summed E-state index contributed by atoms with van der Waals surface area (Å²) in [5, 5.41) is 12.5. The van der Waals surface area contributed by atoms with E-state index < -0.39 is 0 Å². The second-order valence-corrected chi connectivity index (χ2v) is 7.82. The van der Waals surface area contributed by atoms with E-state index in [9.17, 15) is 9.59 Å². The lowest BCUT2D eigenvalue weighted by Crippen LogP contribution is -2.22. The molecule has 0 saturated heterocycles. The number of anilines is 1. The van der Waals surface area contributed by atoms with Crippen molar-refractivity contribution in [2.24, 2.45) is 7.05 Å². The normalized spacial score (nSPS) is 10.8. The van der Waals surface area contributed by atoms with Crippen LogP contribution in [0.3, 0.4) is 0 Å². The van der Waals surface area contributed by atoms with Gasteiger partial charge in [-0.1, -0.05) is 24.3 Å². The zero-order valence-electron chi connectivity index (χ0n) is 17.1. The lowest BCUT2D eigenvalue weighted by molar-refractivity contribution is -0.119. The molecule has 1 aromatic carbocycles. The van der Waals surface area contributed by atoms with E-state index >= 15 is 0 Å². The molecule has 3 rings (SSSR count). The van der Waals surface area contributed by atoms with Gasteiger partial charge >= 0.3 is 0 Å². The van der Waals surface area contributed by atoms with Gasteiger partial charge in [-0.15, -0.1) is 11.3 Å². The van der Waals surface area contributed by atoms with Crippen LogP contribution in [0.5, 0.6) is 0 Å². The number of nitrogens with one attached hydrogen (secondary N) is 2. The van der Waals surface area contributed by atoms with Gasteiger partial charge in [0, 0.05) is 42.7 Å². The predicted octanol–water partition coefficient (Wildman–Crippen LogP) is 3.02. The molecule has 0 spiro atoms. The zero-order valence-corrected chi connectivity index (χ0v) is 17.9. The fourth-order valence-electron chi connectivity index (χ4n) is 3.09. The molecule has 2 heterocycles. The molecule has 2 amide bonds. The lowest BCUT2D eigenvalue weighted by Gasteiger charge is -2.04. The monoisotopic (exact) mass is 411 g/mol. The van der Waals surface area contributed by atoms with E-state index in [4.69, 9.17) is 0 Å². The largest absolute Gasteiger partial charge is 0.356 e. The first kappa shape index (κ1) is 20.7. The van der Waals surface area contributed by atoms with Crippen molar-refractivity contribution >= 4 is 28.3 Å². The van der Waals surface area contributed by atoms with Gasteiger partial charge in [0.25, 0.3) is 0 Å². The molecule has 0 bridgehead atoms. The summed E-state index contributed by atoms with van der Waals surface area (Å²) in [6, 6.07) is 8.07. The van der Waals surface area contributed by atoms with Crippen LogP contribution in [0.1, 0.15) is 29.4 Å². The van der Waals surface area contributed by atoms with Crippen LogP contribution in [-0.4, -0.2) is 33.1 Å². The number of aryl methyl sites for hydroxylation is 2. The summed E-state index contributed by atoms with van der Waals surface area (Å²) in [6.45, 7) is 6.01. The average molecular weight is 412 g/mol. The van der Waals surface area contributed by atoms with E-state index in [0.717, 1.165) is 40.2 Å². The Bertz CT molecular complexity index is 1020. The van der Waals surface area contributed by atoms with Crippen LogP contribution < -0.4 is 10.6 Å². The van der Waals surface area contributed by atoms with Gasteiger partial charge in [-0.3, -0.25) is 14.3 Å². The first-order valence-electron chi connectivity index (χ1n) is 9.41. The number of carbonyl (C=O) groups excluding carboxylic acids is 2. The highest BCUT2D eigenvalue weighted by Crippen LogP contribution is 2.25. The third-order valence-corrected chi connectivity index (χ3v) is 5.54. The van der Waals surface area contributed by atoms with E-state index in [1.54, 1.807) is 4.68 Å². The molecule has 0 fully saturated rings. The third kappa shape index (κ3) is 5.29. The number of rotatable bonds is 7. The maximum absolute atomic E-state index is 12.4. The van der Waals surface area contributed by atoms with Gasteiger partial charge in [-0.05, 0) is 25.8 Å². The highest BCUT2D eigenvalue weighted by molar-refractivity contribution is 7.14. The van der Waals surface area contributed by atoms with Gasteiger partial charge in [0.05, 0.1) is 17.8 Å². The maximum atomic E-state index is 12.4. The predicted molar refractivity (Wildman–Crippen MR) is 115 cm³/mol. The third-order valence-electron chi connectivity index (χ3n) is 4.78. The van der Waals surface area contributed by atoms with Crippen molar-refractivity contribution in [1.29, 1.82) is 0 Å². The number of hydrogen-bond acceptors (Lipinski definition) is 5. The SMILES string of the molecule is CC(=O)NCCc1ccc(-c2csc(NC(=O)Cc3c(C)nn(C)c3C)n2)cc1. The van der Waals surface area contributed by atoms with Gasteiger partial charge in [0.2, 0.25) is 11.8 Å². The summed E-state index contributed by atoms with van der Waals surface area (Å²) in [5.74, 6) is -0.120. The molecule has 0 aliphatic rings. The quantitative estimate of drug-likeness (QED) is 0.625. The Morgan fingerprint density at radius 2 is 1.90 bits per heavy atom. The van der Waals surface area contributed by atoms with Crippen LogP contribution in [0, 0.1) is 13.8 Å². The van der Waals surface area contributed by atoms with Crippen molar-refractivity contribution in [2.75, 3.05) is 11.9 Å². The van der Waals surface area contributed by atoms with Crippen molar-refractivity contribution in [1.82, 2.24) is 20.1 Å². The number of carbonyl (C=O) groups is 2. The zero-order chi connectivity index (χ0) is 21.0. The molecule has 0 radical (unpaired) electrons. The Hall–Kier alpha value is -3.00. The average Bonchev–Trinajstić information content (AvgIpc) is 3.22. The number of thiazole rings is 1. The van der Waals surface area contributed by atoms with E-state index in [1.165, 1.54) is 18.3 Å². The Morgan fingerprint density at radius 3 is 2.52 bits per heavy atom. The fraction of sp³-hybridized carbons (Fsp3) is 0.333. The van der Waals surface area contributed by atoms with E-state index in [-0.39, 0.29) is 18.2 Å². The lowest BCUT2D eigenvalue weighted by atomic mass is 10.1. The van der Waals surface area contributed by atoms with Gasteiger partial charge in [0.1, 0.15) is 0 Å². The van der Waals surface area contributed by atoms with Crippen LogP contribution in [-0.2, 0) is 29.5 Å². The summed E-state index contributed by atoms with van der Waals surface area (Å²) < 4.78 is 1.79. The van der Waals surface area contributed by atoms with Crippen molar-refractivity contribution in [3.63, 3.8) is 0 Å². The summed E-state index contributed by atoms with van der Waals surface area (Å²) in [5.41, 5.74) is 5.79. The summed E-state index contributed by atoms with van der Waals surface area (Å²) in [4.78, 5) is 27.9. The molecule has 152 valence electrons. The van der Waals surface area contributed by atoms with E-state index in [2.05, 4.69) is 20.7 Å². The summed E-state index contributed by atoms with van der Waals surface area (Å²) in [6.07, 6.45) is 1.06. The van der Waals surface area contributed by atoms with Gasteiger partial charge < -0.3 is 10.6 Å². The van der Waals surface area contributed by atoms with Gasteiger partial charge in [-0.25, -0.2) is 4.98 Å². The number of benzene rings is 1. The van der Waals surface area contributed by atoms with E-state index in [1.807, 2.05) is 50.5 Å². The van der Waals surface area contributed by atoms with Crippen LogP contribution in [0.25, 0.3) is 11.3 Å². The highest BCUT2D eigenvalue weighted by atomic mass is 32.1. The molecule has 0 atom stereocenters. The topological polar surface area (TPSA) is 88.9 Å². The molecule has 0 aliphatic carbocycles. The summed E-state index contributed by atoms with van der Waals surface area (Å²) in [7, 11) is 1.88. The Kier molecular flexibility index (Phi) is 6.43. The van der Waals surface area contributed by atoms with E-state index in [0.29, 0.717) is 11.7 Å². The van der Waals surface area contributed by atoms with Crippen LogP contribution in [0.4, 0.5) is 5.13 Å². The Morgan fingerprint density at radius 1 is 1.17 bits per heavy atom. The molecular weight excluding hydrogens is 386 g/mol. The molecule has 0 aliphatic heterocycles. The number of hydrogen-bond donors (Lipinski definition) is 2. The smallest absolute Gasteiger partial charge is 0.230 e. The molecule has 0 saturated carbocycles. The first-order valence-corrected chi connectivity index (χ1v) is 10.3. The van der Waals surface area contributed by atoms with Crippen molar-refractivity contribution in [2.45, 2.75) is 33.6 Å². The van der Waals surface area contributed by atoms with Gasteiger partial charge in [-0.2, -0.15) is 5.10 Å². The fourth-order valence-corrected chi connectivity index (χ4v) is 3.82.